The molecule has 4 aromatic rings. The molecule has 1 heterocycles. The minimum Gasteiger partial charge on any atom is -0.493 e. The van der Waals surface area contributed by atoms with Crippen LogP contribution in [0, 0.1) is 0 Å². The number of ether oxygens (including phenoxy) is 2. The average Bonchev–Trinajstić information content (AvgIpc) is 3.19. The van der Waals surface area contributed by atoms with Gasteiger partial charge in [-0.2, -0.15) is 0 Å². The second kappa shape index (κ2) is 9.73. The van der Waals surface area contributed by atoms with Gasteiger partial charge >= 0.3 is 0 Å². The number of rotatable bonds is 7. The Hall–Kier alpha value is -3.22. The van der Waals surface area contributed by atoms with Crippen LogP contribution in [0.15, 0.2) is 60.7 Å². The van der Waals surface area contributed by atoms with Crippen LogP contribution in [0.25, 0.3) is 11.0 Å². The van der Waals surface area contributed by atoms with Gasteiger partial charge in [-0.1, -0.05) is 41.4 Å². The standard InChI is InChI=1S/C25H23Cl2N3O3/c1-15(28-25(31)16-11-12-22(32-2)23(13-16)33-3)24-29-20-9-4-5-10-21(20)30(24)14-17-18(26)7-6-8-19(17)27/h4-13,15H,14H2,1-3H3,(H,28,31). The summed E-state index contributed by atoms with van der Waals surface area (Å²) in [6, 6.07) is 17.9. The Morgan fingerprint density at radius 1 is 1.00 bits per heavy atom. The molecule has 0 spiro atoms. The summed E-state index contributed by atoms with van der Waals surface area (Å²) in [4.78, 5) is 17.8. The monoisotopic (exact) mass is 483 g/mol. The largest absolute Gasteiger partial charge is 0.493 e. The molecule has 1 unspecified atom stereocenters. The van der Waals surface area contributed by atoms with Crippen LogP contribution in [0.2, 0.25) is 10.0 Å². The Labute approximate surface area is 202 Å². The van der Waals surface area contributed by atoms with E-state index in [1.54, 1.807) is 25.3 Å². The van der Waals surface area contributed by atoms with Crippen LogP contribution in [0.3, 0.4) is 0 Å². The molecule has 0 aliphatic heterocycles. The van der Waals surface area contributed by atoms with Gasteiger partial charge in [0.05, 0.1) is 37.8 Å². The molecule has 33 heavy (non-hydrogen) atoms. The Morgan fingerprint density at radius 3 is 2.39 bits per heavy atom. The Morgan fingerprint density at radius 2 is 1.70 bits per heavy atom. The van der Waals surface area contributed by atoms with E-state index >= 15 is 0 Å². The van der Waals surface area contributed by atoms with Gasteiger partial charge in [-0.05, 0) is 49.4 Å². The highest BCUT2D eigenvalue weighted by Gasteiger charge is 2.21. The van der Waals surface area contributed by atoms with E-state index in [-0.39, 0.29) is 11.9 Å². The molecule has 6 nitrogen and oxygen atoms in total. The summed E-state index contributed by atoms with van der Waals surface area (Å²) in [6.45, 7) is 2.31. The van der Waals surface area contributed by atoms with Gasteiger partial charge in [0, 0.05) is 21.2 Å². The van der Waals surface area contributed by atoms with Crippen molar-refractivity contribution in [2.75, 3.05) is 14.2 Å². The first-order chi connectivity index (χ1) is 15.9. The first-order valence-electron chi connectivity index (χ1n) is 10.3. The maximum Gasteiger partial charge on any atom is 0.251 e. The average molecular weight is 484 g/mol. The number of fused-ring (bicyclic) bond motifs is 1. The molecule has 1 aromatic heterocycles. The predicted molar refractivity (Wildman–Crippen MR) is 131 cm³/mol. The van der Waals surface area contributed by atoms with Gasteiger partial charge in [0.1, 0.15) is 5.82 Å². The number of halogens is 2. The minimum atomic E-state index is -0.390. The highest BCUT2D eigenvalue weighted by Crippen LogP contribution is 2.30. The van der Waals surface area contributed by atoms with Crippen molar-refractivity contribution in [3.63, 3.8) is 0 Å². The number of aromatic nitrogens is 2. The number of nitrogens with zero attached hydrogens (tertiary/aromatic N) is 2. The zero-order chi connectivity index (χ0) is 23.5. The summed E-state index contributed by atoms with van der Waals surface area (Å²) < 4.78 is 12.6. The van der Waals surface area contributed by atoms with Crippen LogP contribution < -0.4 is 14.8 Å². The van der Waals surface area contributed by atoms with Gasteiger partial charge in [0.25, 0.3) is 5.91 Å². The summed E-state index contributed by atoms with van der Waals surface area (Å²) >= 11 is 12.9. The topological polar surface area (TPSA) is 65.4 Å². The van der Waals surface area contributed by atoms with E-state index < -0.39 is 0 Å². The number of hydrogen-bond donors (Lipinski definition) is 1. The molecule has 0 saturated carbocycles. The summed E-state index contributed by atoms with van der Waals surface area (Å²) in [5.41, 5.74) is 3.00. The molecule has 0 bridgehead atoms. The molecule has 1 atom stereocenters. The van der Waals surface area contributed by atoms with E-state index in [1.807, 2.05) is 54.0 Å². The third-order valence-corrected chi connectivity index (χ3v) is 6.15. The number of methoxy groups -OCH3 is 2. The van der Waals surface area contributed by atoms with Gasteiger partial charge < -0.3 is 19.4 Å². The Balaban J connectivity index is 1.68. The Bertz CT molecular complexity index is 1300. The molecule has 0 aliphatic carbocycles. The molecule has 0 aliphatic rings. The van der Waals surface area contributed by atoms with Gasteiger partial charge in [-0.3, -0.25) is 4.79 Å². The molecule has 0 saturated heterocycles. The number of imidazole rings is 1. The maximum absolute atomic E-state index is 13.0. The fourth-order valence-electron chi connectivity index (χ4n) is 3.75. The van der Waals surface area contributed by atoms with Crippen molar-refractivity contribution < 1.29 is 14.3 Å². The van der Waals surface area contributed by atoms with Crippen molar-refractivity contribution in [2.45, 2.75) is 19.5 Å². The third-order valence-electron chi connectivity index (χ3n) is 5.44. The minimum absolute atomic E-state index is 0.252. The SMILES string of the molecule is COc1ccc(C(=O)NC(C)c2nc3ccccc3n2Cc2c(Cl)cccc2Cl)cc1OC. The number of benzene rings is 3. The second-order valence-electron chi connectivity index (χ2n) is 7.51. The van der Waals surface area contributed by atoms with Gasteiger partial charge in [-0.15, -0.1) is 0 Å². The first-order valence-corrected chi connectivity index (χ1v) is 11.1. The van der Waals surface area contributed by atoms with Crippen LogP contribution in [0.5, 0.6) is 11.5 Å². The molecular weight excluding hydrogens is 461 g/mol. The van der Waals surface area contributed by atoms with Crippen LogP contribution in [-0.2, 0) is 6.54 Å². The molecule has 1 N–H and O–H groups in total. The van der Waals surface area contributed by atoms with Gasteiger partial charge in [-0.25, -0.2) is 4.98 Å². The lowest BCUT2D eigenvalue weighted by molar-refractivity contribution is 0.0937. The summed E-state index contributed by atoms with van der Waals surface area (Å²) in [5, 5.41) is 4.19. The lowest BCUT2D eigenvalue weighted by Gasteiger charge is -2.18. The van der Waals surface area contributed by atoms with Crippen molar-refractivity contribution in [3.05, 3.63) is 87.7 Å². The van der Waals surface area contributed by atoms with E-state index in [0.29, 0.717) is 39.5 Å². The zero-order valence-corrected chi connectivity index (χ0v) is 19.9. The molecule has 8 heteroatoms. The maximum atomic E-state index is 13.0. The number of carbonyl (C=O) groups excluding carboxylic acids is 1. The molecule has 0 fully saturated rings. The number of carbonyl (C=O) groups is 1. The van der Waals surface area contributed by atoms with Crippen LogP contribution in [-0.4, -0.2) is 29.7 Å². The summed E-state index contributed by atoms with van der Waals surface area (Å²) in [7, 11) is 3.08. The number of nitrogens with one attached hydrogen (secondary N) is 1. The van der Waals surface area contributed by atoms with Crippen molar-refractivity contribution >= 4 is 40.1 Å². The van der Waals surface area contributed by atoms with Crippen molar-refractivity contribution in [1.29, 1.82) is 0 Å². The molecular formula is C25H23Cl2N3O3. The molecule has 3 aromatic carbocycles. The summed E-state index contributed by atoms with van der Waals surface area (Å²) in [5.74, 6) is 1.48. The van der Waals surface area contributed by atoms with E-state index in [2.05, 4.69) is 5.32 Å². The fraction of sp³-hybridized carbons (Fsp3) is 0.200. The molecule has 170 valence electrons. The fourth-order valence-corrected chi connectivity index (χ4v) is 4.27. The Kier molecular flexibility index (Phi) is 6.77. The zero-order valence-electron chi connectivity index (χ0n) is 18.4. The smallest absolute Gasteiger partial charge is 0.251 e. The first kappa shape index (κ1) is 23.0. The van der Waals surface area contributed by atoms with E-state index in [0.717, 1.165) is 16.6 Å². The number of hydrogen-bond acceptors (Lipinski definition) is 4. The van der Waals surface area contributed by atoms with Gasteiger partial charge in [0.2, 0.25) is 0 Å². The van der Waals surface area contributed by atoms with Crippen LogP contribution >= 0.6 is 23.2 Å². The lowest BCUT2D eigenvalue weighted by Crippen LogP contribution is -2.29. The van der Waals surface area contributed by atoms with E-state index in [4.69, 9.17) is 37.7 Å². The highest BCUT2D eigenvalue weighted by molar-refractivity contribution is 6.36. The van der Waals surface area contributed by atoms with Crippen LogP contribution in [0.1, 0.15) is 34.7 Å². The third kappa shape index (κ3) is 4.63. The van der Waals surface area contributed by atoms with Crippen molar-refractivity contribution in [1.82, 2.24) is 14.9 Å². The summed E-state index contributed by atoms with van der Waals surface area (Å²) in [6.07, 6.45) is 0. The highest BCUT2D eigenvalue weighted by atomic mass is 35.5. The quantitative estimate of drug-likeness (QED) is 0.355. The van der Waals surface area contributed by atoms with Crippen molar-refractivity contribution in [3.8, 4) is 11.5 Å². The molecule has 4 rings (SSSR count). The van der Waals surface area contributed by atoms with Gasteiger partial charge in [0.15, 0.2) is 11.5 Å². The predicted octanol–water partition coefficient (Wildman–Crippen LogP) is 5.90. The lowest BCUT2D eigenvalue weighted by atomic mass is 10.1. The second-order valence-corrected chi connectivity index (χ2v) is 8.32. The number of amides is 1. The normalized spacial score (nSPS) is 11.9. The van der Waals surface area contributed by atoms with Crippen LogP contribution in [0.4, 0.5) is 0 Å². The number of para-hydroxylation sites is 2. The van der Waals surface area contributed by atoms with E-state index in [9.17, 15) is 4.79 Å². The van der Waals surface area contributed by atoms with E-state index in [1.165, 1.54) is 7.11 Å². The molecule has 1 amide bonds. The van der Waals surface area contributed by atoms with Crippen molar-refractivity contribution in [2.24, 2.45) is 0 Å². The molecule has 0 radical (unpaired) electrons.